The van der Waals surface area contributed by atoms with Gasteiger partial charge in [0, 0.05) is 19.5 Å². The van der Waals surface area contributed by atoms with Gasteiger partial charge in [0.05, 0.1) is 0 Å². The fourth-order valence-electron chi connectivity index (χ4n) is 2.12. The minimum Gasteiger partial charge on any atom is -0.458 e. The van der Waals surface area contributed by atoms with E-state index in [4.69, 9.17) is 4.74 Å². The first-order valence-corrected chi connectivity index (χ1v) is 6.37. The van der Waals surface area contributed by atoms with E-state index in [-0.39, 0.29) is 12.1 Å². The van der Waals surface area contributed by atoms with Crippen LogP contribution in [0.1, 0.15) is 25.3 Å². The van der Waals surface area contributed by atoms with Crippen molar-refractivity contribution in [2.24, 2.45) is 0 Å². The maximum Gasteiger partial charge on any atom is 0.303 e. The van der Waals surface area contributed by atoms with Crippen molar-refractivity contribution in [3.05, 3.63) is 48.0 Å². The molecular weight excluding hydrogens is 226 g/mol. The Morgan fingerprint density at radius 1 is 1.28 bits per heavy atom. The Balaban J connectivity index is 1.77. The first kappa shape index (κ1) is 12.8. The average Bonchev–Trinajstić information content (AvgIpc) is 2.38. The molecule has 0 unspecified atom stereocenters. The Hall–Kier alpha value is -1.61. The number of hydrogen-bond donors (Lipinski definition) is 1. The maximum atomic E-state index is 10.8. The molecule has 0 heterocycles. The molecule has 96 valence electrons. The zero-order valence-corrected chi connectivity index (χ0v) is 10.6. The smallest absolute Gasteiger partial charge is 0.303 e. The van der Waals surface area contributed by atoms with Crippen LogP contribution in [0.25, 0.3) is 0 Å². The third-order valence-electron chi connectivity index (χ3n) is 3.05. The molecule has 18 heavy (non-hydrogen) atoms. The number of rotatable bonds is 4. The average molecular weight is 245 g/mol. The van der Waals surface area contributed by atoms with Crippen molar-refractivity contribution in [2.45, 2.75) is 38.5 Å². The van der Waals surface area contributed by atoms with Gasteiger partial charge < -0.3 is 10.1 Å². The molecular formula is C15H19NO2. The lowest BCUT2D eigenvalue weighted by molar-refractivity contribution is -0.144. The molecule has 0 saturated heterocycles. The monoisotopic (exact) mass is 245 g/mol. The van der Waals surface area contributed by atoms with Crippen LogP contribution in [0.4, 0.5) is 0 Å². The molecule has 0 bridgehead atoms. The van der Waals surface area contributed by atoms with Gasteiger partial charge in [-0.2, -0.15) is 0 Å². The Morgan fingerprint density at radius 3 is 2.67 bits per heavy atom. The number of ether oxygens (including phenoxy) is 1. The molecule has 1 N–H and O–H groups in total. The number of carbonyl (C=O) groups excluding carboxylic acids is 1. The van der Waals surface area contributed by atoms with Crippen molar-refractivity contribution in [1.29, 1.82) is 0 Å². The van der Waals surface area contributed by atoms with Gasteiger partial charge in [0.2, 0.25) is 0 Å². The van der Waals surface area contributed by atoms with E-state index in [2.05, 4.69) is 23.5 Å². The first-order valence-electron chi connectivity index (χ1n) is 6.37. The van der Waals surface area contributed by atoms with Gasteiger partial charge in [0.25, 0.3) is 0 Å². The molecule has 0 fully saturated rings. The highest BCUT2D eigenvalue weighted by Crippen LogP contribution is 2.15. The van der Waals surface area contributed by atoms with Crippen LogP contribution in [0.5, 0.6) is 0 Å². The summed E-state index contributed by atoms with van der Waals surface area (Å²) in [4.78, 5) is 10.8. The summed E-state index contributed by atoms with van der Waals surface area (Å²) in [7, 11) is 0. The number of carbonyl (C=O) groups is 1. The molecule has 0 amide bonds. The predicted molar refractivity (Wildman–Crippen MR) is 71.0 cm³/mol. The first-order chi connectivity index (χ1) is 8.74. The van der Waals surface area contributed by atoms with E-state index in [9.17, 15) is 4.79 Å². The quantitative estimate of drug-likeness (QED) is 0.654. The summed E-state index contributed by atoms with van der Waals surface area (Å²) in [5, 5.41) is 3.48. The van der Waals surface area contributed by atoms with Crippen molar-refractivity contribution >= 4 is 5.97 Å². The van der Waals surface area contributed by atoms with E-state index in [0.29, 0.717) is 6.04 Å². The number of benzene rings is 1. The molecule has 1 aliphatic carbocycles. The molecule has 3 nitrogen and oxygen atoms in total. The summed E-state index contributed by atoms with van der Waals surface area (Å²) in [5.74, 6) is -0.208. The van der Waals surface area contributed by atoms with Gasteiger partial charge in [-0.3, -0.25) is 4.79 Å². The summed E-state index contributed by atoms with van der Waals surface area (Å²) >= 11 is 0. The normalized spacial score (nSPS) is 22.7. The minimum absolute atomic E-state index is 0.0442. The summed E-state index contributed by atoms with van der Waals surface area (Å²) in [5.41, 5.74) is 1.29. The third-order valence-corrected chi connectivity index (χ3v) is 3.05. The molecule has 2 rings (SSSR count). The largest absolute Gasteiger partial charge is 0.458 e. The molecule has 0 radical (unpaired) electrons. The van der Waals surface area contributed by atoms with Crippen LogP contribution in [-0.4, -0.2) is 18.1 Å². The van der Waals surface area contributed by atoms with Crippen LogP contribution in [0.3, 0.4) is 0 Å². The van der Waals surface area contributed by atoms with Crippen molar-refractivity contribution in [2.75, 3.05) is 0 Å². The van der Waals surface area contributed by atoms with Crippen LogP contribution in [0.2, 0.25) is 0 Å². The van der Waals surface area contributed by atoms with E-state index < -0.39 is 0 Å². The third kappa shape index (κ3) is 4.00. The topological polar surface area (TPSA) is 38.3 Å². The lowest BCUT2D eigenvalue weighted by Crippen LogP contribution is -2.31. The van der Waals surface area contributed by atoms with E-state index in [0.717, 1.165) is 19.4 Å². The Labute approximate surface area is 108 Å². The van der Waals surface area contributed by atoms with Crippen molar-refractivity contribution in [1.82, 2.24) is 5.32 Å². The second-order valence-electron chi connectivity index (χ2n) is 4.58. The van der Waals surface area contributed by atoms with Gasteiger partial charge in [0.1, 0.15) is 6.10 Å². The lowest BCUT2D eigenvalue weighted by atomic mass is 10.00. The molecule has 0 aliphatic heterocycles. The molecule has 2 atom stereocenters. The zero-order valence-electron chi connectivity index (χ0n) is 10.6. The summed E-state index contributed by atoms with van der Waals surface area (Å²) in [6.45, 7) is 2.32. The fourth-order valence-corrected chi connectivity index (χ4v) is 2.12. The van der Waals surface area contributed by atoms with Gasteiger partial charge in [-0.15, -0.1) is 0 Å². The molecule has 1 aromatic rings. The van der Waals surface area contributed by atoms with Crippen LogP contribution in [0.15, 0.2) is 42.5 Å². The predicted octanol–water partition coefficient (Wildman–Crippen LogP) is 2.43. The molecule has 0 aromatic heterocycles. The highest BCUT2D eigenvalue weighted by Gasteiger charge is 2.16. The van der Waals surface area contributed by atoms with Crippen molar-refractivity contribution < 1.29 is 9.53 Å². The Kier molecular flexibility index (Phi) is 4.53. The highest BCUT2D eigenvalue weighted by atomic mass is 16.5. The Bertz CT molecular complexity index is 414. The van der Waals surface area contributed by atoms with E-state index in [1.807, 2.05) is 24.3 Å². The highest BCUT2D eigenvalue weighted by molar-refractivity contribution is 5.66. The van der Waals surface area contributed by atoms with Crippen LogP contribution in [-0.2, 0) is 16.1 Å². The van der Waals surface area contributed by atoms with E-state index in [1.165, 1.54) is 12.5 Å². The fraction of sp³-hybridized carbons (Fsp3) is 0.400. The number of nitrogens with one attached hydrogen (secondary N) is 1. The van der Waals surface area contributed by atoms with E-state index in [1.54, 1.807) is 0 Å². The van der Waals surface area contributed by atoms with Crippen LogP contribution < -0.4 is 5.32 Å². The summed E-state index contributed by atoms with van der Waals surface area (Å²) < 4.78 is 5.15. The van der Waals surface area contributed by atoms with Crippen molar-refractivity contribution in [3.8, 4) is 0 Å². The number of esters is 1. The van der Waals surface area contributed by atoms with Gasteiger partial charge >= 0.3 is 5.97 Å². The number of hydrogen-bond acceptors (Lipinski definition) is 3. The SMILES string of the molecule is CC(=O)O[C@@H]1C=C[C@@H](NCc2ccccc2)CC1. The van der Waals surface area contributed by atoms with E-state index >= 15 is 0 Å². The van der Waals surface area contributed by atoms with Crippen LogP contribution >= 0.6 is 0 Å². The second-order valence-corrected chi connectivity index (χ2v) is 4.58. The Morgan fingerprint density at radius 2 is 2.06 bits per heavy atom. The molecule has 1 aromatic carbocycles. The van der Waals surface area contributed by atoms with Gasteiger partial charge in [-0.1, -0.05) is 36.4 Å². The lowest BCUT2D eigenvalue weighted by Gasteiger charge is -2.23. The van der Waals surface area contributed by atoms with Gasteiger partial charge in [-0.05, 0) is 24.5 Å². The van der Waals surface area contributed by atoms with Gasteiger partial charge in [-0.25, -0.2) is 0 Å². The van der Waals surface area contributed by atoms with Crippen LogP contribution in [0, 0.1) is 0 Å². The second kappa shape index (κ2) is 6.36. The summed E-state index contributed by atoms with van der Waals surface area (Å²) in [6, 6.07) is 10.7. The van der Waals surface area contributed by atoms with Gasteiger partial charge in [0.15, 0.2) is 0 Å². The zero-order chi connectivity index (χ0) is 12.8. The molecule has 0 saturated carbocycles. The minimum atomic E-state index is -0.208. The maximum absolute atomic E-state index is 10.8. The molecule has 1 aliphatic rings. The molecule has 0 spiro atoms. The molecule has 3 heteroatoms. The summed E-state index contributed by atoms with van der Waals surface area (Å²) in [6.07, 6.45) is 5.93. The standard InChI is InChI=1S/C15H19NO2/c1-12(17)18-15-9-7-14(8-10-15)16-11-13-5-3-2-4-6-13/h2-7,9,14-16H,8,10-11H2,1H3/t14-,15-/m1/s1. The van der Waals surface area contributed by atoms with Crippen molar-refractivity contribution in [3.63, 3.8) is 0 Å².